The fourth-order valence-electron chi connectivity index (χ4n) is 4.89. The van der Waals surface area contributed by atoms with E-state index in [1.807, 2.05) is 18.7 Å². The van der Waals surface area contributed by atoms with Gasteiger partial charge in [-0.05, 0) is 55.5 Å². The molecule has 6 heteroatoms. The van der Waals surface area contributed by atoms with Gasteiger partial charge in [0.2, 0.25) is 0 Å². The first-order valence-corrected chi connectivity index (χ1v) is 13.1. The Kier molecular flexibility index (Phi) is 7.87. The number of hydrogen-bond donors (Lipinski definition) is 0. The van der Waals surface area contributed by atoms with E-state index in [-0.39, 0.29) is 5.91 Å². The number of nitrogens with zero attached hydrogens (tertiary/aromatic N) is 3. The zero-order chi connectivity index (χ0) is 22.5. The van der Waals surface area contributed by atoms with E-state index in [1.54, 1.807) is 11.3 Å². The number of ether oxygens (including phenoxy) is 1. The number of likely N-dealkylation sites (tertiary alicyclic amines) is 1. The predicted molar refractivity (Wildman–Crippen MR) is 134 cm³/mol. The van der Waals surface area contributed by atoms with E-state index in [1.165, 1.54) is 22.5 Å². The molecule has 1 amide bonds. The molecule has 3 aliphatic heterocycles. The fourth-order valence-corrected chi connectivity index (χ4v) is 6.04. The highest BCUT2D eigenvalue weighted by Gasteiger charge is 2.27. The van der Waals surface area contributed by atoms with Gasteiger partial charge in [0.25, 0.3) is 5.91 Å². The molecule has 0 bridgehead atoms. The molecule has 32 heavy (non-hydrogen) atoms. The van der Waals surface area contributed by atoms with Crippen LogP contribution in [0.4, 0.5) is 5.69 Å². The van der Waals surface area contributed by atoms with Crippen LogP contribution in [0.5, 0.6) is 0 Å². The Bertz CT molecular complexity index is 875. The fraction of sp³-hybridized carbons (Fsp3) is 0.577. The van der Waals surface area contributed by atoms with Crippen LogP contribution >= 0.6 is 11.3 Å². The molecule has 0 N–H and O–H groups in total. The van der Waals surface area contributed by atoms with Gasteiger partial charge in [-0.3, -0.25) is 9.69 Å². The van der Waals surface area contributed by atoms with Gasteiger partial charge in [0.05, 0.1) is 11.5 Å². The van der Waals surface area contributed by atoms with E-state index < -0.39 is 0 Å². The second-order valence-corrected chi connectivity index (χ2v) is 9.76. The summed E-state index contributed by atoms with van der Waals surface area (Å²) in [5, 5.41) is 0. The summed E-state index contributed by atoms with van der Waals surface area (Å²) in [5.41, 5.74) is 3.60. The van der Waals surface area contributed by atoms with Gasteiger partial charge in [0.1, 0.15) is 0 Å². The highest BCUT2D eigenvalue weighted by Crippen LogP contribution is 2.34. The molecule has 1 unspecified atom stereocenters. The summed E-state index contributed by atoms with van der Waals surface area (Å²) in [4.78, 5) is 22.0. The number of carbonyl (C=O) groups excluding carboxylic acids is 1. The molecule has 5 nitrogen and oxygen atoms in total. The number of thiophene rings is 1. The largest absolute Gasteiger partial charge is 0.380 e. The van der Waals surface area contributed by atoms with Gasteiger partial charge >= 0.3 is 0 Å². The second-order valence-electron chi connectivity index (χ2n) is 8.71. The summed E-state index contributed by atoms with van der Waals surface area (Å²) in [7, 11) is 0. The minimum absolute atomic E-state index is 0.211. The highest BCUT2D eigenvalue weighted by molar-refractivity contribution is 7.17. The normalized spacial score (nSPS) is 21.5. The average molecular weight is 456 g/mol. The lowest BCUT2D eigenvalue weighted by atomic mass is 10.1. The van der Waals surface area contributed by atoms with Crippen LogP contribution < -0.4 is 4.90 Å². The molecule has 0 spiro atoms. The van der Waals surface area contributed by atoms with Crippen molar-refractivity contribution in [3.8, 4) is 10.4 Å². The van der Waals surface area contributed by atoms with Gasteiger partial charge in [-0.25, -0.2) is 0 Å². The van der Waals surface area contributed by atoms with Crippen LogP contribution in [-0.4, -0.2) is 74.2 Å². The number of carbonyl (C=O) groups is 1. The molecule has 1 aromatic heterocycles. The maximum Gasteiger partial charge on any atom is 0.264 e. The summed E-state index contributed by atoms with van der Waals surface area (Å²) in [6.07, 6.45) is 3.44. The molecule has 5 rings (SSSR count). The van der Waals surface area contributed by atoms with Crippen molar-refractivity contribution < 1.29 is 9.53 Å². The number of rotatable bonds is 4. The first-order valence-electron chi connectivity index (χ1n) is 12.3. The minimum Gasteiger partial charge on any atom is -0.380 e. The molecule has 0 radical (unpaired) electrons. The van der Waals surface area contributed by atoms with E-state index in [0.717, 1.165) is 75.8 Å². The third-order valence-corrected chi connectivity index (χ3v) is 8.03. The van der Waals surface area contributed by atoms with Crippen molar-refractivity contribution in [3.05, 3.63) is 40.8 Å². The van der Waals surface area contributed by atoms with E-state index in [2.05, 4.69) is 47.1 Å². The Morgan fingerprint density at radius 1 is 1.00 bits per heavy atom. The minimum atomic E-state index is 0.211. The van der Waals surface area contributed by atoms with E-state index in [9.17, 15) is 4.79 Å². The first-order chi connectivity index (χ1) is 15.7. The molecule has 1 atom stereocenters. The van der Waals surface area contributed by atoms with Gasteiger partial charge in [-0.15, -0.1) is 11.3 Å². The van der Waals surface area contributed by atoms with Crippen molar-refractivity contribution >= 4 is 22.9 Å². The zero-order valence-corrected chi connectivity index (χ0v) is 20.6. The maximum absolute atomic E-state index is 12.8. The molecule has 0 saturated carbocycles. The zero-order valence-electron chi connectivity index (χ0n) is 19.8. The Morgan fingerprint density at radius 2 is 1.69 bits per heavy atom. The van der Waals surface area contributed by atoms with E-state index in [0.29, 0.717) is 6.04 Å². The molecule has 4 heterocycles. The summed E-state index contributed by atoms with van der Waals surface area (Å²) in [6, 6.07) is 11.7. The summed E-state index contributed by atoms with van der Waals surface area (Å²) < 4.78 is 5.55. The smallest absolute Gasteiger partial charge is 0.264 e. The predicted octanol–water partition coefficient (Wildman–Crippen LogP) is 4.90. The highest BCUT2D eigenvalue weighted by atomic mass is 32.1. The third kappa shape index (κ3) is 5.03. The number of piperazine rings is 1. The number of hydrogen-bond acceptors (Lipinski definition) is 5. The lowest BCUT2D eigenvalue weighted by molar-refractivity contribution is 0.0797. The SMILES string of the molecule is CC.Cc1cc(-c2ccc(N3CCN(C4CCOC4)CC3)cc2)sc1C(=O)N1CCCC1. The lowest BCUT2D eigenvalue weighted by Gasteiger charge is -2.38. The van der Waals surface area contributed by atoms with Crippen LogP contribution in [0, 0.1) is 6.92 Å². The lowest BCUT2D eigenvalue weighted by Crippen LogP contribution is -2.50. The standard InChI is InChI=1S/C24H31N3O2S.C2H6/c1-18-16-22(30-23(18)24(28)27-9-2-3-10-27)19-4-6-20(7-5-19)25-11-13-26(14-12-25)21-8-15-29-17-21;1-2/h4-7,16,21H,2-3,8-15,17H2,1H3;1-2H3. The molecule has 3 fully saturated rings. The van der Waals surface area contributed by atoms with Gasteiger partial charge < -0.3 is 14.5 Å². The van der Waals surface area contributed by atoms with Crippen molar-refractivity contribution in [2.45, 2.75) is 46.1 Å². The summed E-state index contributed by atoms with van der Waals surface area (Å²) in [6.45, 7) is 14.1. The number of anilines is 1. The van der Waals surface area contributed by atoms with Crippen molar-refractivity contribution in [2.75, 3.05) is 57.4 Å². The van der Waals surface area contributed by atoms with E-state index >= 15 is 0 Å². The Labute approximate surface area is 197 Å². The molecule has 1 aromatic carbocycles. The van der Waals surface area contributed by atoms with Gasteiger partial charge in [-0.1, -0.05) is 26.0 Å². The van der Waals surface area contributed by atoms with Crippen LogP contribution in [-0.2, 0) is 4.74 Å². The van der Waals surface area contributed by atoms with Crippen LogP contribution in [0.25, 0.3) is 10.4 Å². The second kappa shape index (κ2) is 10.8. The van der Waals surface area contributed by atoms with Crippen molar-refractivity contribution in [2.24, 2.45) is 0 Å². The van der Waals surface area contributed by atoms with Gasteiger partial charge in [0.15, 0.2) is 0 Å². The summed E-state index contributed by atoms with van der Waals surface area (Å²) >= 11 is 1.64. The molecule has 3 aliphatic rings. The number of amides is 1. The number of benzene rings is 1. The number of aryl methyl sites for hydroxylation is 1. The molecule has 0 aliphatic carbocycles. The average Bonchev–Trinajstić information content (AvgIpc) is 3.63. The molecular formula is C26H37N3O2S. The van der Waals surface area contributed by atoms with Crippen LogP contribution in [0.2, 0.25) is 0 Å². The molecule has 174 valence electrons. The molecule has 2 aromatic rings. The maximum atomic E-state index is 12.8. The molecule has 3 saturated heterocycles. The summed E-state index contributed by atoms with van der Waals surface area (Å²) in [5.74, 6) is 0.211. The third-order valence-electron chi connectivity index (χ3n) is 6.76. The topological polar surface area (TPSA) is 36.0 Å². The van der Waals surface area contributed by atoms with Crippen LogP contribution in [0.1, 0.15) is 48.3 Å². The van der Waals surface area contributed by atoms with Crippen molar-refractivity contribution in [3.63, 3.8) is 0 Å². The Morgan fingerprint density at radius 3 is 2.31 bits per heavy atom. The Hall–Kier alpha value is -1.89. The van der Waals surface area contributed by atoms with Crippen molar-refractivity contribution in [1.82, 2.24) is 9.80 Å². The van der Waals surface area contributed by atoms with Crippen molar-refractivity contribution in [1.29, 1.82) is 0 Å². The quantitative estimate of drug-likeness (QED) is 0.657. The molecular weight excluding hydrogens is 418 g/mol. The van der Waals surface area contributed by atoms with Crippen LogP contribution in [0.15, 0.2) is 30.3 Å². The van der Waals surface area contributed by atoms with Gasteiger partial charge in [-0.2, -0.15) is 0 Å². The van der Waals surface area contributed by atoms with Gasteiger partial charge in [0, 0.05) is 62.5 Å². The Balaban J connectivity index is 0.00000119. The van der Waals surface area contributed by atoms with E-state index in [4.69, 9.17) is 4.74 Å². The first kappa shape index (κ1) is 23.3. The monoisotopic (exact) mass is 455 g/mol. The van der Waals surface area contributed by atoms with Crippen LogP contribution in [0.3, 0.4) is 0 Å².